The molecule has 1 unspecified atom stereocenters. The number of carbonyl (C=O) groups excluding carboxylic acids is 2. The fourth-order valence-electron chi connectivity index (χ4n) is 3.25. The molecule has 7 heteroatoms. The molecule has 1 heterocycles. The molecule has 0 bridgehead atoms. The minimum Gasteiger partial charge on any atom is -0.486 e. The standard InChI is InChI=1S/C22H27N3O4/c1-2-24(14-18-16-28-19-10-6-7-11-20(19)29-18)15-22(27)25(13-12-21(23)26)17-8-4-3-5-9-17/h3-11,18H,2,12-16H2,1H3,(H2,23,26). The van der Waals surface area contributed by atoms with E-state index in [1.807, 2.05) is 66.4 Å². The smallest absolute Gasteiger partial charge is 0.241 e. The highest BCUT2D eigenvalue weighted by Crippen LogP contribution is 2.31. The van der Waals surface area contributed by atoms with Crippen LogP contribution in [0.25, 0.3) is 0 Å². The highest BCUT2D eigenvalue weighted by Gasteiger charge is 2.25. The van der Waals surface area contributed by atoms with Crippen LogP contribution in [0.15, 0.2) is 54.6 Å². The molecule has 0 aromatic heterocycles. The van der Waals surface area contributed by atoms with E-state index in [1.165, 1.54) is 0 Å². The molecule has 0 aliphatic carbocycles. The summed E-state index contributed by atoms with van der Waals surface area (Å²) in [6, 6.07) is 16.9. The molecular formula is C22H27N3O4. The number of anilines is 1. The van der Waals surface area contributed by atoms with Crippen LogP contribution in [0.4, 0.5) is 5.69 Å². The van der Waals surface area contributed by atoms with Crippen LogP contribution in [0.5, 0.6) is 11.5 Å². The molecule has 0 spiro atoms. The lowest BCUT2D eigenvalue weighted by atomic mass is 10.2. The van der Waals surface area contributed by atoms with Crippen molar-refractivity contribution in [2.75, 3.05) is 37.7 Å². The van der Waals surface area contributed by atoms with Crippen molar-refractivity contribution in [2.24, 2.45) is 5.73 Å². The number of rotatable bonds is 9. The summed E-state index contributed by atoms with van der Waals surface area (Å²) in [5.41, 5.74) is 6.04. The number of hydrogen-bond acceptors (Lipinski definition) is 5. The molecule has 2 aromatic carbocycles. The quantitative estimate of drug-likeness (QED) is 0.700. The van der Waals surface area contributed by atoms with E-state index < -0.39 is 5.91 Å². The van der Waals surface area contributed by atoms with Gasteiger partial charge in [0.15, 0.2) is 11.5 Å². The van der Waals surface area contributed by atoms with Crippen LogP contribution in [-0.2, 0) is 9.59 Å². The van der Waals surface area contributed by atoms with Gasteiger partial charge >= 0.3 is 0 Å². The summed E-state index contributed by atoms with van der Waals surface area (Å²) in [4.78, 5) is 27.9. The van der Waals surface area contributed by atoms with Crippen molar-refractivity contribution in [3.8, 4) is 11.5 Å². The number of nitrogens with zero attached hydrogens (tertiary/aromatic N) is 2. The first-order valence-electron chi connectivity index (χ1n) is 9.81. The van der Waals surface area contributed by atoms with Crippen molar-refractivity contribution in [1.82, 2.24) is 4.90 Å². The third kappa shape index (κ3) is 5.71. The van der Waals surface area contributed by atoms with E-state index in [-0.39, 0.29) is 31.5 Å². The second kappa shape index (κ2) is 9.93. The molecule has 1 atom stereocenters. The van der Waals surface area contributed by atoms with Gasteiger partial charge in [-0.1, -0.05) is 37.3 Å². The maximum absolute atomic E-state index is 13.0. The van der Waals surface area contributed by atoms with Gasteiger partial charge in [-0.25, -0.2) is 0 Å². The molecule has 29 heavy (non-hydrogen) atoms. The average molecular weight is 397 g/mol. The first-order valence-corrected chi connectivity index (χ1v) is 9.81. The first kappa shape index (κ1) is 20.7. The predicted octanol–water partition coefficient (Wildman–Crippen LogP) is 2.06. The summed E-state index contributed by atoms with van der Waals surface area (Å²) >= 11 is 0. The van der Waals surface area contributed by atoms with Crippen molar-refractivity contribution in [2.45, 2.75) is 19.4 Å². The Balaban J connectivity index is 1.63. The Bertz CT molecular complexity index is 828. The van der Waals surface area contributed by atoms with Gasteiger partial charge in [0.25, 0.3) is 0 Å². The molecule has 0 saturated carbocycles. The van der Waals surface area contributed by atoms with Crippen molar-refractivity contribution < 1.29 is 19.1 Å². The summed E-state index contributed by atoms with van der Waals surface area (Å²) in [6.07, 6.45) is -0.0446. The highest BCUT2D eigenvalue weighted by molar-refractivity contribution is 5.95. The lowest BCUT2D eigenvalue weighted by Crippen LogP contribution is -2.46. The Morgan fingerprint density at radius 1 is 1.07 bits per heavy atom. The van der Waals surface area contributed by atoms with Crippen LogP contribution in [0.3, 0.4) is 0 Å². The van der Waals surface area contributed by atoms with Crippen LogP contribution in [0, 0.1) is 0 Å². The molecular weight excluding hydrogens is 370 g/mol. The molecule has 1 aliphatic heterocycles. The largest absolute Gasteiger partial charge is 0.486 e. The molecule has 2 aromatic rings. The van der Waals surface area contributed by atoms with E-state index in [2.05, 4.69) is 0 Å². The van der Waals surface area contributed by atoms with E-state index >= 15 is 0 Å². The van der Waals surface area contributed by atoms with Crippen molar-refractivity contribution in [3.63, 3.8) is 0 Å². The third-order valence-corrected chi connectivity index (χ3v) is 4.79. The minimum absolute atomic E-state index is 0.0866. The van der Waals surface area contributed by atoms with Crippen LogP contribution < -0.4 is 20.1 Å². The fourth-order valence-corrected chi connectivity index (χ4v) is 3.25. The molecule has 0 saturated heterocycles. The monoisotopic (exact) mass is 397 g/mol. The Hall–Kier alpha value is -3.06. The van der Waals surface area contributed by atoms with Gasteiger partial charge in [-0.3, -0.25) is 14.5 Å². The van der Waals surface area contributed by atoms with Crippen molar-refractivity contribution in [3.05, 3.63) is 54.6 Å². The van der Waals surface area contributed by atoms with Gasteiger partial charge in [0.2, 0.25) is 11.8 Å². The van der Waals surface area contributed by atoms with E-state index in [0.29, 0.717) is 19.7 Å². The number of fused-ring (bicyclic) bond motifs is 1. The predicted molar refractivity (Wildman–Crippen MR) is 111 cm³/mol. The van der Waals surface area contributed by atoms with Crippen molar-refractivity contribution in [1.29, 1.82) is 0 Å². The number of carbonyl (C=O) groups is 2. The summed E-state index contributed by atoms with van der Waals surface area (Å²) in [5, 5.41) is 0. The zero-order valence-electron chi connectivity index (χ0n) is 16.6. The summed E-state index contributed by atoms with van der Waals surface area (Å²) in [7, 11) is 0. The minimum atomic E-state index is -0.433. The maximum Gasteiger partial charge on any atom is 0.241 e. The fraction of sp³-hybridized carbons (Fsp3) is 0.364. The average Bonchev–Trinajstić information content (AvgIpc) is 2.74. The molecule has 0 radical (unpaired) electrons. The van der Waals surface area contributed by atoms with Crippen molar-refractivity contribution >= 4 is 17.5 Å². The zero-order chi connectivity index (χ0) is 20.6. The number of hydrogen-bond donors (Lipinski definition) is 1. The topological polar surface area (TPSA) is 85.1 Å². The number of likely N-dealkylation sites (N-methyl/N-ethyl adjacent to an activating group) is 1. The van der Waals surface area contributed by atoms with Gasteiger partial charge < -0.3 is 20.1 Å². The van der Waals surface area contributed by atoms with E-state index in [9.17, 15) is 9.59 Å². The molecule has 7 nitrogen and oxygen atoms in total. The molecule has 0 fully saturated rings. The highest BCUT2D eigenvalue weighted by atomic mass is 16.6. The SMILES string of the molecule is CCN(CC(=O)N(CCC(N)=O)c1ccccc1)CC1COc2ccccc2O1. The van der Waals surface area contributed by atoms with Gasteiger partial charge in [-0.05, 0) is 30.8 Å². The van der Waals surface area contributed by atoms with Crippen LogP contribution in [0.1, 0.15) is 13.3 Å². The van der Waals surface area contributed by atoms with Gasteiger partial charge in [0, 0.05) is 25.2 Å². The molecule has 3 rings (SSSR count). The van der Waals surface area contributed by atoms with E-state index in [0.717, 1.165) is 17.2 Å². The van der Waals surface area contributed by atoms with Gasteiger partial charge in [-0.2, -0.15) is 0 Å². The Morgan fingerprint density at radius 3 is 2.45 bits per heavy atom. The van der Waals surface area contributed by atoms with Gasteiger partial charge in [0.05, 0.1) is 6.54 Å². The number of primary amides is 1. The Morgan fingerprint density at radius 2 is 1.76 bits per heavy atom. The maximum atomic E-state index is 13.0. The number of para-hydroxylation sites is 3. The number of ether oxygens (including phenoxy) is 2. The summed E-state index contributed by atoms with van der Waals surface area (Å²) in [6.45, 7) is 4.16. The second-order valence-corrected chi connectivity index (χ2v) is 6.92. The van der Waals surface area contributed by atoms with Gasteiger partial charge in [0.1, 0.15) is 12.7 Å². The first-order chi connectivity index (χ1) is 14.1. The van der Waals surface area contributed by atoms with Crippen LogP contribution >= 0.6 is 0 Å². The zero-order valence-corrected chi connectivity index (χ0v) is 16.6. The molecule has 2 N–H and O–H groups in total. The second-order valence-electron chi connectivity index (χ2n) is 6.92. The lowest BCUT2D eigenvalue weighted by Gasteiger charge is -2.32. The number of nitrogens with two attached hydrogens (primary N) is 1. The lowest BCUT2D eigenvalue weighted by molar-refractivity contribution is -0.120. The Labute approximate surface area is 171 Å². The van der Waals surface area contributed by atoms with E-state index in [4.69, 9.17) is 15.2 Å². The van der Waals surface area contributed by atoms with Crippen LogP contribution in [-0.4, -0.2) is 55.6 Å². The van der Waals surface area contributed by atoms with Crippen LogP contribution in [0.2, 0.25) is 0 Å². The summed E-state index contributed by atoms with van der Waals surface area (Å²) < 4.78 is 11.8. The Kier molecular flexibility index (Phi) is 7.08. The van der Waals surface area contributed by atoms with E-state index in [1.54, 1.807) is 4.90 Å². The summed E-state index contributed by atoms with van der Waals surface area (Å²) in [5.74, 6) is 0.942. The molecule has 1 aliphatic rings. The number of amides is 2. The number of benzene rings is 2. The molecule has 154 valence electrons. The van der Waals surface area contributed by atoms with Gasteiger partial charge in [-0.15, -0.1) is 0 Å². The molecule has 2 amide bonds. The third-order valence-electron chi connectivity index (χ3n) is 4.79. The normalized spacial score (nSPS) is 15.2.